The third kappa shape index (κ3) is 3.71. The molecule has 0 spiro atoms. The van der Waals surface area contributed by atoms with Crippen LogP contribution in [0.2, 0.25) is 0 Å². The number of hydrogen-bond donors (Lipinski definition) is 2. The Bertz CT molecular complexity index is 1080. The quantitative estimate of drug-likeness (QED) is 0.668. The first-order chi connectivity index (χ1) is 13.5. The van der Waals surface area contributed by atoms with E-state index >= 15 is 0 Å². The van der Waals surface area contributed by atoms with Gasteiger partial charge in [0.15, 0.2) is 11.5 Å². The van der Waals surface area contributed by atoms with Gasteiger partial charge in [0.05, 0.1) is 19.9 Å². The fourth-order valence-electron chi connectivity index (χ4n) is 2.71. The fourth-order valence-corrected chi connectivity index (χ4v) is 2.71. The minimum atomic E-state index is -0.804. The molecule has 2 N–H and O–H groups in total. The Morgan fingerprint density at radius 1 is 1.11 bits per heavy atom. The predicted octanol–water partition coefficient (Wildman–Crippen LogP) is 4.12. The number of aromatic nitrogens is 2. The second kappa shape index (κ2) is 7.91. The molecule has 0 amide bonds. The maximum Gasteiger partial charge on any atom is 0.347 e. The molecule has 0 atom stereocenters. The molecule has 1 aromatic heterocycles. The Labute approximate surface area is 159 Å². The van der Waals surface area contributed by atoms with Gasteiger partial charge in [-0.2, -0.15) is 4.98 Å². The van der Waals surface area contributed by atoms with Gasteiger partial charge in [0.25, 0.3) is 0 Å². The van der Waals surface area contributed by atoms with E-state index in [0.29, 0.717) is 28.3 Å². The highest BCUT2D eigenvalue weighted by Gasteiger charge is 2.15. The molecular formula is C20H17F2N3O3. The number of hydrogen-bond acceptors (Lipinski definition) is 5. The smallest absolute Gasteiger partial charge is 0.347 e. The Morgan fingerprint density at radius 2 is 1.75 bits per heavy atom. The van der Waals surface area contributed by atoms with Crippen molar-refractivity contribution in [2.24, 2.45) is 0 Å². The van der Waals surface area contributed by atoms with Crippen LogP contribution in [0.1, 0.15) is 5.56 Å². The van der Waals surface area contributed by atoms with Crippen molar-refractivity contribution < 1.29 is 18.3 Å². The first kappa shape index (κ1) is 19.1. The van der Waals surface area contributed by atoms with E-state index in [9.17, 15) is 13.6 Å². The van der Waals surface area contributed by atoms with Crippen LogP contribution in [-0.2, 0) is 0 Å². The van der Waals surface area contributed by atoms with Crippen LogP contribution in [0.15, 0.2) is 47.8 Å². The van der Waals surface area contributed by atoms with Crippen molar-refractivity contribution in [2.45, 2.75) is 0 Å². The van der Waals surface area contributed by atoms with E-state index in [1.54, 1.807) is 18.2 Å². The normalized spacial score (nSPS) is 10.4. The Kier molecular flexibility index (Phi) is 5.39. The van der Waals surface area contributed by atoms with Gasteiger partial charge < -0.3 is 19.8 Å². The van der Waals surface area contributed by atoms with Crippen molar-refractivity contribution in [3.8, 4) is 22.8 Å². The molecule has 0 aliphatic heterocycles. The molecule has 0 bridgehead atoms. The zero-order valence-electron chi connectivity index (χ0n) is 15.2. The van der Waals surface area contributed by atoms with E-state index < -0.39 is 23.0 Å². The van der Waals surface area contributed by atoms with Gasteiger partial charge in [-0.1, -0.05) is 18.7 Å². The van der Waals surface area contributed by atoms with Crippen molar-refractivity contribution in [1.29, 1.82) is 0 Å². The van der Waals surface area contributed by atoms with Gasteiger partial charge in [-0.05, 0) is 29.8 Å². The van der Waals surface area contributed by atoms with Crippen LogP contribution in [0.5, 0.6) is 11.5 Å². The average Bonchev–Trinajstić information content (AvgIpc) is 2.69. The largest absolute Gasteiger partial charge is 0.493 e. The fraction of sp³-hybridized carbons (Fsp3) is 0.100. The SMILES string of the molecule is C=Cc1cc(OC)c(OC)cc1-c1cc(Nc2c(F)cccc2F)nc(=O)[nH]1. The summed E-state index contributed by atoms with van der Waals surface area (Å²) in [5.74, 6) is -0.699. The zero-order valence-corrected chi connectivity index (χ0v) is 15.2. The lowest BCUT2D eigenvalue weighted by Crippen LogP contribution is -2.14. The summed E-state index contributed by atoms with van der Waals surface area (Å²) in [5, 5.41) is 2.52. The average molecular weight is 385 g/mol. The molecule has 0 saturated carbocycles. The number of benzene rings is 2. The van der Waals surface area contributed by atoms with Crippen molar-refractivity contribution >= 4 is 17.6 Å². The number of rotatable bonds is 6. The number of H-pyrrole nitrogens is 1. The number of halogens is 2. The van der Waals surface area contributed by atoms with E-state index in [-0.39, 0.29) is 5.82 Å². The van der Waals surface area contributed by atoms with Crippen LogP contribution in [0.25, 0.3) is 17.3 Å². The summed E-state index contributed by atoms with van der Waals surface area (Å²) in [7, 11) is 2.99. The van der Waals surface area contributed by atoms with E-state index in [1.807, 2.05) is 0 Å². The summed E-state index contributed by atoms with van der Waals surface area (Å²) < 4.78 is 38.4. The molecule has 0 fully saturated rings. The summed E-state index contributed by atoms with van der Waals surface area (Å²) in [6.45, 7) is 3.76. The van der Waals surface area contributed by atoms with Gasteiger partial charge in [0, 0.05) is 11.6 Å². The standard InChI is InChI=1S/C20H17F2N3O3/c1-4-11-8-16(27-2)17(28-3)9-12(11)15-10-18(25-20(26)23-15)24-19-13(21)6-5-7-14(19)22/h4-10H,1H2,2-3H3,(H2,23,24,25,26). The summed E-state index contributed by atoms with van der Waals surface area (Å²) in [6, 6.07) is 8.26. The number of nitrogens with one attached hydrogen (secondary N) is 2. The van der Waals surface area contributed by atoms with E-state index in [0.717, 1.165) is 12.1 Å². The maximum absolute atomic E-state index is 13.9. The lowest BCUT2D eigenvalue weighted by atomic mass is 10.0. The first-order valence-electron chi connectivity index (χ1n) is 8.18. The molecule has 0 aliphatic carbocycles. The zero-order chi connectivity index (χ0) is 20.3. The van der Waals surface area contributed by atoms with Gasteiger partial charge in [-0.25, -0.2) is 13.6 Å². The molecule has 28 heavy (non-hydrogen) atoms. The van der Waals surface area contributed by atoms with Gasteiger partial charge in [-0.15, -0.1) is 0 Å². The molecule has 2 aromatic carbocycles. The Balaban J connectivity index is 2.12. The monoisotopic (exact) mass is 385 g/mol. The van der Waals surface area contributed by atoms with Crippen molar-refractivity contribution in [3.05, 3.63) is 70.7 Å². The molecule has 0 radical (unpaired) electrons. The molecule has 8 heteroatoms. The van der Waals surface area contributed by atoms with Gasteiger partial charge in [0.2, 0.25) is 0 Å². The summed E-state index contributed by atoms with van der Waals surface area (Å²) in [5.41, 5.74) is 0.492. The molecule has 3 aromatic rings. The molecule has 0 saturated heterocycles. The number of nitrogens with zero attached hydrogens (tertiary/aromatic N) is 1. The summed E-state index contributed by atoms with van der Waals surface area (Å²) >= 11 is 0. The topological polar surface area (TPSA) is 76.2 Å². The molecule has 1 heterocycles. The van der Waals surface area contributed by atoms with Crippen LogP contribution < -0.4 is 20.5 Å². The van der Waals surface area contributed by atoms with Crippen LogP contribution in [-0.4, -0.2) is 24.2 Å². The summed E-state index contributed by atoms with van der Waals surface area (Å²) in [6.07, 6.45) is 1.58. The second-order valence-corrected chi connectivity index (χ2v) is 5.71. The molecule has 6 nitrogen and oxygen atoms in total. The van der Waals surface area contributed by atoms with Crippen LogP contribution >= 0.6 is 0 Å². The number of ether oxygens (including phenoxy) is 2. The van der Waals surface area contributed by atoms with Gasteiger partial charge in [-0.3, -0.25) is 0 Å². The molecule has 3 rings (SSSR count). The van der Waals surface area contributed by atoms with Crippen LogP contribution in [0, 0.1) is 11.6 Å². The minimum Gasteiger partial charge on any atom is -0.493 e. The molecule has 0 unspecified atom stereocenters. The highest BCUT2D eigenvalue weighted by Crippen LogP contribution is 2.36. The Morgan fingerprint density at radius 3 is 2.36 bits per heavy atom. The van der Waals surface area contributed by atoms with Crippen molar-refractivity contribution in [1.82, 2.24) is 9.97 Å². The van der Waals surface area contributed by atoms with Crippen LogP contribution in [0.3, 0.4) is 0 Å². The first-order valence-corrected chi connectivity index (χ1v) is 8.18. The third-order valence-corrected chi connectivity index (χ3v) is 4.03. The van der Waals surface area contributed by atoms with Gasteiger partial charge >= 0.3 is 5.69 Å². The van der Waals surface area contributed by atoms with E-state index in [2.05, 4.69) is 21.9 Å². The third-order valence-electron chi connectivity index (χ3n) is 4.03. The lowest BCUT2D eigenvalue weighted by Gasteiger charge is -2.14. The Hall–Kier alpha value is -3.68. The van der Waals surface area contributed by atoms with E-state index in [1.165, 1.54) is 26.4 Å². The highest BCUT2D eigenvalue weighted by molar-refractivity contribution is 5.77. The maximum atomic E-state index is 13.9. The molecule has 0 aliphatic rings. The van der Waals surface area contributed by atoms with Gasteiger partial charge in [0.1, 0.15) is 23.1 Å². The summed E-state index contributed by atoms with van der Waals surface area (Å²) in [4.78, 5) is 18.4. The number of aromatic amines is 1. The van der Waals surface area contributed by atoms with E-state index in [4.69, 9.17) is 9.47 Å². The highest BCUT2D eigenvalue weighted by atomic mass is 19.1. The van der Waals surface area contributed by atoms with Crippen molar-refractivity contribution in [3.63, 3.8) is 0 Å². The lowest BCUT2D eigenvalue weighted by molar-refractivity contribution is 0.355. The number of anilines is 2. The predicted molar refractivity (Wildman–Crippen MR) is 103 cm³/mol. The van der Waals surface area contributed by atoms with Crippen molar-refractivity contribution in [2.75, 3.05) is 19.5 Å². The van der Waals surface area contributed by atoms with Crippen LogP contribution in [0.4, 0.5) is 20.3 Å². The number of methoxy groups -OCH3 is 2. The minimum absolute atomic E-state index is 0.0208. The molecular weight excluding hydrogens is 368 g/mol. The second-order valence-electron chi connectivity index (χ2n) is 5.71. The molecule has 144 valence electrons. The number of para-hydroxylation sites is 1.